The number of ether oxygens (including phenoxy) is 2. The molecule has 0 bridgehead atoms. The zero-order chi connectivity index (χ0) is 17.8. The molecule has 3 atom stereocenters. The minimum Gasteiger partial charge on any atom is -0.481 e. The van der Waals surface area contributed by atoms with Crippen molar-refractivity contribution in [1.82, 2.24) is 4.90 Å². The number of carbonyl (C=O) groups is 3. The lowest BCUT2D eigenvalue weighted by Gasteiger charge is -2.65. The molecule has 2 heterocycles. The lowest BCUT2D eigenvalue weighted by molar-refractivity contribution is -0.181. The first-order valence-electron chi connectivity index (χ1n) is 7.79. The van der Waals surface area contributed by atoms with Crippen molar-refractivity contribution < 1.29 is 29.0 Å². The summed E-state index contributed by atoms with van der Waals surface area (Å²) in [6.45, 7) is 11.3. The van der Waals surface area contributed by atoms with Gasteiger partial charge in [-0.3, -0.25) is 9.59 Å². The highest BCUT2D eigenvalue weighted by Crippen LogP contribution is 2.61. The summed E-state index contributed by atoms with van der Waals surface area (Å²) in [5.41, 5.74) is -1.60. The van der Waals surface area contributed by atoms with Gasteiger partial charge in [0.2, 0.25) is 5.91 Å². The summed E-state index contributed by atoms with van der Waals surface area (Å²) in [7, 11) is -1.76. The van der Waals surface area contributed by atoms with Gasteiger partial charge >= 0.3 is 12.1 Å². The van der Waals surface area contributed by atoms with E-state index in [-0.39, 0.29) is 18.9 Å². The van der Waals surface area contributed by atoms with Crippen LogP contribution >= 0.6 is 0 Å². The molecule has 7 nitrogen and oxygen atoms in total. The Balaban J connectivity index is 2.55. The van der Waals surface area contributed by atoms with Crippen LogP contribution in [0.5, 0.6) is 0 Å². The van der Waals surface area contributed by atoms with Gasteiger partial charge in [-0.05, 0) is 27.7 Å². The highest BCUT2D eigenvalue weighted by Gasteiger charge is 2.75. The topological polar surface area (TPSA) is 93.1 Å². The molecule has 0 radical (unpaired) electrons. The SMILES string of the molecule is C[SiH](C)C1(C2(C)COC(=O)O2)C(=O)N(C(C)(C)C)C1CC(=O)O. The molecule has 0 saturated carbocycles. The number of carbonyl (C=O) groups excluding carboxylic acids is 2. The Morgan fingerprint density at radius 3 is 2.30 bits per heavy atom. The number of carboxylic acid groups (broad SMARTS) is 1. The first kappa shape index (κ1) is 17.8. The zero-order valence-electron chi connectivity index (χ0n) is 14.5. The molecule has 1 amide bonds. The summed E-state index contributed by atoms with van der Waals surface area (Å²) in [5.74, 6) is -1.09. The molecular weight excluding hydrogens is 318 g/mol. The lowest BCUT2D eigenvalue weighted by atomic mass is 9.70. The molecule has 2 aliphatic rings. The van der Waals surface area contributed by atoms with Crippen molar-refractivity contribution in [2.24, 2.45) is 0 Å². The Morgan fingerprint density at radius 2 is 1.96 bits per heavy atom. The van der Waals surface area contributed by atoms with Gasteiger partial charge < -0.3 is 19.5 Å². The number of carboxylic acids is 1. The number of hydrogen-bond acceptors (Lipinski definition) is 5. The summed E-state index contributed by atoms with van der Waals surface area (Å²) in [4.78, 5) is 37.7. The van der Waals surface area contributed by atoms with Crippen molar-refractivity contribution in [3.63, 3.8) is 0 Å². The van der Waals surface area contributed by atoms with E-state index in [0.29, 0.717) is 0 Å². The number of aliphatic carboxylic acids is 1. The minimum atomic E-state index is -1.76. The third-order valence-electron chi connectivity index (χ3n) is 5.06. The number of likely N-dealkylation sites (tertiary alicyclic amines) is 1. The molecule has 2 aliphatic heterocycles. The van der Waals surface area contributed by atoms with Gasteiger partial charge in [0.15, 0.2) is 5.60 Å². The molecule has 2 saturated heterocycles. The molecule has 0 aromatic heterocycles. The summed E-state index contributed by atoms with van der Waals surface area (Å²) in [6, 6.07) is -0.501. The van der Waals surface area contributed by atoms with Gasteiger partial charge in [-0.25, -0.2) is 4.79 Å². The van der Waals surface area contributed by atoms with Crippen molar-refractivity contribution in [2.75, 3.05) is 6.61 Å². The second-order valence-electron chi connectivity index (χ2n) is 7.85. The van der Waals surface area contributed by atoms with E-state index in [0.717, 1.165) is 0 Å². The first-order chi connectivity index (χ1) is 10.4. The van der Waals surface area contributed by atoms with Crippen LogP contribution in [-0.4, -0.2) is 60.6 Å². The zero-order valence-corrected chi connectivity index (χ0v) is 15.7. The van der Waals surface area contributed by atoms with Gasteiger partial charge in [-0.15, -0.1) is 0 Å². The fourth-order valence-corrected chi connectivity index (χ4v) is 7.31. The van der Waals surface area contributed by atoms with E-state index in [1.54, 1.807) is 11.8 Å². The number of nitrogens with zero attached hydrogens (tertiary/aromatic N) is 1. The van der Waals surface area contributed by atoms with E-state index in [1.807, 2.05) is 33.9 Å². The Hall–Kier alpha value is -1.57. The number of amides is 1. The maximum Gasteiger partial charge on any atom is 0.509 e. The molecule has 1 N–H and O–H groups in total. The summed E-state index contributed by atoms with van der Waals surface area (Å²) < 4.78 is 10.4. The van der Waals surface area contributed by atoms with E-state index < -0.39 is 43.1 Å². The van der Waals surface area contributed by atoms with E-state index in [2.05, 4.69) is 0 Å². The van der Waals surface area contributed by atoms with Crippen molar-refractivity contribution in [2.45, 2.75) is 69.4 Å². The van der Waals surface area contributed by atoms with Gasteiger partial charge in [0.25, 0.3) is 0 Å². The Bertz CT molecular complexity index is 557. The average molecular weight is 343 g/mol. The van der Waals surface area contributed by atoms with Crippen LogP contribution < -0.4 is 0 Å². The maximum absolute atomic E-state index is 13.2. The molecule has 2 rings (SSSR count). The van der Waals surface area contributed by atoms with Gasteiger partial charge in [-0.1, -0.05) is 13.1 Å². The van der Waals surface area contributed by atoms with E-state index in [4.69, 9.17) is 9.47 Å². The second-order valence-corrected chi connectivity index (χ2v) is 11.1. The van der Waals surface area contributed by atoms with Crippen LogP contribution in [0.1, 0.15) is 34.1 Å². The predicted molar refractivity (Wildman–Crippen MR) is 85.0 cm³/mol. The van der Waals surface area contributed by atoms with Crippen molar-refractivity contribution in [3.8, 4) is 0 Å². The summed E-state index contributed by atoms with van der Waals surface area (Å²) in [6.07, 6.45) is -0.959. The molecule has 0 aromatic rings. The Kier molecular flexibility index (Phi) is 4.03. The van der Waals surface area contributed by atoms with E-state index in [1.165, 1.54) is 0 Å². The van der Waals surface area contributed by atoms with E-state index in [9.17, 15) is 19.5 Å². The molecule has 3 unspecified atom stereocenters. The number of cyclic esters (lactones) is 2. The van der Waals surface area contributed by atoms with Crippen LogP contribution in [0, 0.1) is 0 Å². The fourth-order valence-electron chi connectivity index (χ4n) is 4.28. The Labute approximate surface area is 137 Å². The van der Waals surface area contributed by atoms with Crippen molar-refractivity contribution in [1.29, 1.82) is 0 Å². The van der Waals surface area contributed by atoms with Gasteiger partial charge in [0.1, 0.15) is 11.6 Å². The smallest absolute Gasteiger partial charge is 0.481 e. The highest BCUT2D eigenvalue weighted by atomic mass is 28.3. The lowest BCUT2D eigenvalue weighted by Crippen LogP contribution is -2.79. The fraction of sp³-hybridized carbons (Fsp3) is 0.800. The highest BCUT2D eigenvalue weighted by molar-refractivity contribution is 6.66. The number of rotatable bonds is 4. The molecule has 23 heavy (non-hydrogen) atoms. The van der Waals surface area contributed by atoms with Gasteiger partial charge in [-0.2, -0.15) is 0 Å². The van der Waals surface area contributed by atoms with Gasteiger partial charge in [0, 0.05) is 5.54 Å². The molecule has 130 valence electrons. The molecule has 0 spiro atoms. The number of hydrogen-bond donors (Lipinski definition) is 1. The predicted octanol–water partition coefficient (Wildman–Crippen LogP) is 1.62. The van der Waals surface area contributed by atoms with E-state index >= 15 is 0 Å². The average Bonchev–Trinajstić information content (AvgIpc) is 2.66. The van der Waals surface area contributed by atoms with Crippen LogP contribution in [0.15, 0.2) is 0 Å². The quantitative estimate of drug-likeness (QED) is 0.474. The van der Waals surface area contributed by atoms with Crippen LogP contribution in [0.3, 0.4) is 0 Å². The standard InChI is InChI=1S/C15H25NO6Si/c1-13(2,3)16-9(7-10(17)18)15(11(16)19,23(5)6)14(4)8-21-12(20)22-14/h9,23H,7-8H2,1-6H3,(H,17,18). The Morgan fingerprint density at radius 1 is 1.39 bits per heavy atom. The van der Waals surface area contributed by atoms with Crippen LogP contribution in [-0.2, 0) is 19.1 Å². The second kappa shape index (κ2) is 5.22. The van der Waals surface area contributed by atoms with Gasteiger partial charge in [0.05, 0.1) is 21.3 Å². The molecule has 2 fully saturated rings. The van der Waals surface area contributed by atoms with Crippen LogP contribution in [0.25, 0.3) is 0 Å². The first-order valence-corrected chi connectivity index (χ1v) is 10.7. The maximum atomic E-state index is 13.2. The van der Waals surface area contributed by atoms with Crippen LogP contribution in [0.4, 0.5) is 4.79 Å². The van der Waals surface area contributed by atoms with Crippen LogP contribution in [0.2, 0.25) is 18.1 Å². The largest absolute Gasteiger partial charge is 0.509 e. The third kappa shape index (κ3) is 2.34. The van der Waals surface area contributed by atoms with Crippen molar-refractivity contribution >= 4 is 26.8 Å². The molecule has 8 heteroatoms. The monoisotopic (exact) mass is 343 g/mol. The molecule has 0 aliphatic carbocycles. The minimum absolute atomic E-state index is 0.0170. The molecule has 0 aromatic carbocycles. The summed E-state index contributed by atoms with van der Waals surface area (Å²) >= 11 is 0. The normalized spacial score (nSPS) is 34.2. The summed E-state index contributed by atoms with van der Waals surface area (Å²) in [5, 5.41) is 8.38. The third-order valence-corrected chi connectivity index (χ3v) is 8.12. The van der Waals surface area contributed by atoms with Crippen molar-refractivity contribution in [3.05, 3.63) is 0 Å². The number of β-lactam (4-membered cyclic amide) rings is 1. The molecular formula is C15H25NO6Si.